The molecule has 1 amide bonds. The standard InChI is InChI=1S/C11H13N5O/c1-9-2-4-10(5-3-9)13-11(17)6-7-16-8-12-14-15-16/h2-5,8H,6-7H2,1H3,(H,13,17). The molecule has 2 rings (SSSR count). The fraction of sp³-hybridized carbons (Fsp3) is 0.273. The second-order valence-electron chi connectivity index (χ2n) is 3.74. The number of nitrogens with one attached hydrogen (secondary N) is 1. The summed E-state index contributed by atoms with van der Waals surface area (Å²) in [5.74, 6) is -0.0515. The first-order valence-electron chi connectivity index (χ1n) is 5.31. The molecule has 0 bridgehead atoms. The molecule has 0 atom stereocenters. The molecule has 0 unspecified atom stereocenters. The smallest absolute Gasteiger partial charge is 0.226 e. The van der Waals surface area contributed by atoms with Gasteiger partial charge in [0.25, 0.3) is 0 Å². The third kappa shape index (κ3) is 3.37. The highest BCUT2D eigenvalue weighted by Crippen LogP contribution is 2.08. The van der Waals surface area contributed by atoms with E-state index < -0.39 is 0 Å². The minimum atomic E-state index is -0.0515. The molecule has 1 heterocycles. The van der Waals surface area contributed by atoms with Gasteiger partial charge in [0.2, 0.25) is 5.91 Å². The molecule has 2 aromatic rings. The van der Waals surface area contributed by atoms with E-state index in [2.05, 4.69) is 20.8 Å². The Kier molecular flexibility index (Phi) is 3.44. The summed E-state index contributed by atoms with van der Waals surface area (Å²) in [6, 6.07) is 7.67. The number of hydrogen-bond donors (Lipinski definition) is 1. The van der Waals surface area contributed by atoms with Gasteiger partial charge in [-0.2, -0.15) is 0 Å². The lowest BCUT2D eigenvalue weighted by atomic mass is 10.2. The van der Waals surface area contributed by atoms with E-state index in [9.17, 15) is 4.79 Å². The van der Waals surface area contributed by atoms with Crippen molar-refractivity contribution in [2.24, 2.45) is 0 Å². The molecule has 0 radical (unpaired) electrons. The summed E-state index contributed by atoms with van der Waals surface area (Å²) < 4.78 is 1.52. The predicted octanol–water partition coefficient (Wildman–Crippen LogP) is 1.01. The molecule has 17 heavy (non-hydrogen) atoms. The minimum Gasteiger partial charge on any atom is -0.326 e. The van der Waals surface area contributed by atoms with Crippen molar-refractivity contribution >= 4 is 11.6 Å². The third-order valence-corrected chi connectivity index (χ3v) is 2.29. The number of tetrazole rings is 1. The van der Waals surface area contributed by atoms with Gasteiger partial charge in [-0.15, -0.1) is 5.10 Å². The molecule has 0 aliphatic heterocycles. The maximum Gasteiger partial charge on any atom is 0.226 e. The van der Waals surface area contributed by atoms with Gasteiger partial charge in [0.15, 0.2) is 0 Å². The van der Waals surface area contributed by atoms with Gasteiger partial charge >= 0.3 is 0 Å². The molecule has 0 saturated carbocycles. The maximum atomic E-state index is 11.6. The van der Waals surface area contributed by atoms with Crippen molar-refractivity contribution in [1.82, 2.24) is 20.2 Å². The van der Waals surface area contributed by atoms with Crippen LogP contribution >= 0.6 is 0 Å². The molecule has 0 aliphatic rings. The van der Waals surface area contributed by atoms with Crippen LogP contribution in [-0.2, 0) is 11.3 Å². The van der Waals surface area contributed by atoms with E-state index in [0.717, 1.165) is 11.3 Å². The maximum absolute atomic E-state index is 11.6. The van der Waals surface area contributed by atoms with Crippen LogP contribution < -0.4 is 5.32 Å². The monoisotopic (exact) mass is 231 g/mol. The van der Waals surface area contributed by atoms with Crippen LogP contribution in [0.2, 0.25) is 0 Å². The van der Waals surface area contributed by atoms with Crippen molar-refractivity contribution in [3.8, 4) is 0 Å². The number of nitrogens with zero attached hydrogens (tertiary/aromatic N) is 4. The first-order chi connectivity index (χ1) is 8.24. The normalized spacial score (nSPS) is 10.2. The highest BCUT2D eigenvalue weighted by atomic mass is 16.1. The Hall–Kier alpha value is -2.24. The average Bonchev–Trinajstić information content (AvgIpc) is 2.83. The van der Waals surface area contributed by atoms with Gasteiger partial charge < -0.3 is 5.32 Å². The van der Waals surface area contributed by atoms with Crippen molar-refractivity contribution in [1.29, 1.82) is 0 Å². The largest absolute Gasteiger partial charge is 0.326 e. The Morgan fingerprint density at radius 2 is 2.12 bits per heavy atom. The first kappa shape index (κ1) is 11.3. The highest BCUT2D eigenvalue weighted by Gasteiger charge is 2.03. The summed E-state index contributed by atoms with van der Waals surface area (Å²) in [7, 11) is 0. The van der Waals surface area contributed by atoms with E-state index in [0.29, 0.717) is 13.0 Å². The Morgan fingerprint density at radius 1 is 1.35 bits per heavy atom. The fourth-order valence-corrected chi connectivity index (χ4v) is 1.36. The predicted molar refractivity (Wildman–Crippen MR) is 62.2 cm³/mol. The lowest BCUT2D eigenvalue weighted by Crippen LogP contribution is -2.14. The molecular formula is C11H13N5O. The van der Waals surface area contributed by atoms with E-state index in [1.54, 1.807) is 0 Å². The summed E-state index contributed by atoms with van der Waals surface area (Å²) >= 11 is 0. The van der Waals surface area contributed by atoms with E-state index >= 15 is 0 Å². The second kappa shape index (κ2) is 5.20. The molecule has 88 valence electrons. The molecule has 6 heteroatoms. The number of aryl methyl sites for hydroxylation is 2. The number of benzene rings is 1. The fourth-order valence-electron chi connectivity index (χ4n) is 1.36. The SMILES string of the molecule is Cc1ccc(NC(=O)CCn2cnnn2)cc1. The topological polar surface area (TPSA) is 72.7 Å². The number of anilines is 1. The highest BCUT2D eigenvalue weighted by molar-refractivity contribution is 5.90. The van der Waals surface area contributed by atoms with Gasteiger partial charge in [0.05, 0.1) is 6.54 Å². The number of carbonyl (C=O) groups excluding carboxylic acids is 1. The summed E-state index contributed by atoms with van der Waals surface area (Å²) in [5.41, 5.74) is 1.97. The number of hydrogen-bond acceptors (Lipinski definition) is 4. The van der Waals surface area contributed by atoms with Crippen molar-refractivity contribution in [2.45, 2.75) is 19.9 Å². The second-order valence-corrected chi connectivity index (χ2v) is 3.74. The van der Waals surface area contributed by atoms with Gasteiger partial charge in [-0.25, -0.2) is 4.68 Å². The molecule has 1 N–H and O–H groups in total. The van der Waals surface area contributed by atoms with Crippen LogP contribution in [-0.4, -0.2) is 26.1 Å². The Bertz CT molecular complexity index is 477. The number of aromatic nitrogens is 4. The van der Waals surface area contributed by atoms with E-state index in [1.165, 1.54) is 11.0 Å². The summed E-state index contributed by atoms with van der Waals surface area (Å²) in [5, 5.41) is 13.5. The Labute approximate surface area is 98.6 Å². The quantitative estimate of drug-likeness (QED) is 0.852. The molecule has 1 aromatic heterocycles. The van der Waals surface area contributed by atoms with Gasteiger partial charge in [-0.3, -0.25) is 4.79 Å². The van der Waals surface area contributed by atoms with Crippen LogP contribution in [0.15, 0.2) is 30.6 Å². The zero-order valence-corrected chi connectivity index (χ0v) is 9.50. The van der Waals surface area contributed by atoms with Crippen LogP contribution in [0.4, 0.5) is 5.69 Å². The third-order valence-electron chi connectivity index (χ3n) is 2.29. The first-order valence-corrected chi connectivity index (χ1v) is 5.31. The van der Waals surface area contributed by atoms with Crippen LogP contribution in [0, 0.1) is 6.92 Å². The van der Waals surface area contributed by atoms with Crippen molar-refractivity contribution in [3.05, 3.63) is 36.2 Å². The van der Waals surface area contributed by atoms with Crippen molar-refractivity contribution in [3.63, 3.8) is 0 Å². The average molecular weight is 231 g/mol. The van der Waals surface area contributed by atoms with Gasteiger partial charge in [-0.05, 0) is 29.5 Å². The zero-order valence-electron chi connectivity index (χ0n) is 9.50. The van der Waals surface area contributed by atoms with Gasteiger partial charge in [0, 0.05) is 12.1 Å². The molecule has 6 nitrogen and oxygen atoms in total. The zero-order chi connectivity index (χ0) is 12.1. The lowest BCUT2D eigenvalue weighted by molar-refractivity contribution is -0.116. The number of carbonyl (C=O) groups is 1. The van der Waals surface area contributed by atoms with Crippen LogP contribution in [0.25, 0.3) is 0 Å². The lowest BCUT2D eigenvalue weighted by Gasteiger charge is -2.05. The van der Waals surface area contributed by atoms with E-state index in [4.69, 9.17) is 0 Å². The molecule has 1 aromatic carbocycles. The molecule has 0 fully saturated rings. The van der Waals surface area contributed by atoms with Crippen molar-refractivity contribution in [2.75, 3.05) is 5.32 Å². The van der Waals surface area contributed by atoms with Crippen LogP contribution in [0.5, 0.6) is 0 Å². The number of amides is 1. The molecule has 0 spiro atoms. The minimum absolute atomic E-state index is 0.0515. The molecular weight excluding hydrogens is 218 g/mol. The van der Waals surface area contributed by atoms with Crippen molar-refractivity contribution < 1.29 is 4.79 Å². The van der Waals surface area contributed by atoms with E-state index in [1.807, 2.05) is 31.2 Å². The number of rotatable bonds is 4. The molecule has 0 aliphatic carbocycles. The Morgan fingerprint density at radius 3 is 2.76 bits per heavy atom. The summed E-state index contributed by atoms with van der Waals surface area (Å²) in [6.07, 6.45) is 1.83. The van der Waals surface area contributed by atoms with Gasteiger partial charge in [-0.1, -0.05) is 17.7 Å². The summed E-state index contributed by atoms with van der Waals surface area (Å²) in [6.45, 7) is 2.48. The van der Waals surface area contributed by atoms with Crippen LogP contribution in [0.1, 0.15) is 12.0 Å². The van der Waals surface area contributed by atoms with Gasteiger partial charge in [0.1, 0.15) is 6.33 Å². The molecule has 0 saturated heterocycles. The van der Waals surface area contributed by atoms with Crippen LogP contribution in [0.3, 0.4) is 0 Å². The summed E-state index contributed by atoms with van der Waals surface area (Å²) in [4.78, 5) is 11.6. The van der Waals surface area contributed by atoms with E-state index in [-0.39, 0.29) is 5.91 Å². The Balaban J connectivity index is 1.83.